The van der Waals surface area contributed by atoms with Crippen molar-refractivity contribution >= 4 is 29.6 Å². The van der Waals surface area contributed by atoms with E-state index in [1.165, 1.54) is 0 Å². The summed E-state index contributed by atoms with van der Waals surface area (Å²) in [6.07, 6.45) is -1.28. The summed E-state index contributed by atoms with van der Waals surface area (Å²) in [5.41, 5.74) is -3.28. The Hall–Kier alpha value is -2.45. The van der Waals surface area contributed by atoms with E-state index in [9.17, 15) is 24.0 Å². The van der Waals surface area contributed by atoms with Crippen molar-refractivity contribution in [2.75, 3.05) is 0 Å². The summed E-state index contributed by atoms with van der Waals surface area (Å²) in [6.45, 7) is 15.7. The van der Waals surface area contributed by atoms with E-state index < -0.39 is 70.8 Å². The van der Waals surface area contributed by atoms with Gasteiger partial charge in [-0.05, 0) is 61.3 Å². The van der Waals surface area contributed by atoms with Crippen LogP contribution in [-0.2, 0) is 38.2 Å². The average molecular weight is 442 g/mol. The van der Waals surface area contributed by atoms with Crippen molar-refractivity contribution in [1.29, 1.82) is 0 Å². The first-order valence-corrected chi connectivity index (χ1v) is 10.5. The lowest BCUT2D eigenvalue weighted by Gasteiger charge is -2.55. The first-order valence-electron chi connectivity index (χ1n) is 10.5. The monoisotopic (exact) mass is 441 g/mol. The number of β-lactam (4-membered cyclic amide) rings is 1. The minimum absolute atomic E-state index is 0.537. The molecule has 1 amide bonds. The molecule has 1 saturated heterocycles. The highest BCUT2D eigenvalue weighted by molar-refractivity contribution is 6.25. The first kappa shape index (κ1) is 26.6. The van der Waals surface area contributed by atoms with Crippen LogP contribution in [-0.4, -0.2) is 63.9 Å². The highest BCUT2D eigenvalue weighted by Crippen LogP contribution is 2.45. The summed E-state index contributed by atoms with van der Waals surface area (Å²) in [5, 5.41) is 0. The van der Waals surface area contributed by atoms with E-state index in [1.54, 1.807) is 62.3 Å². The standard InChI is InChI=1S/C22H35NO8/c1-11(2)16(18(26)31-21(8,9)10)23-17(25)15(14(7)24)22(23,19(27)29-12(3)4)20(28)30-13(5)6/h11-13,15-16H,1-10H3/t15-,16-/m1/s1. The van der Waals surface area contributed by atoms with E-state index in [0.29, 0.717) is 0 Å². The number of amides is 1. The lowest BCUT2D eigenvalue weighted by molar-refractivity contribution is -0.216. The molecule has 0 aliphatic carbocycles. The molecule has 0 radical (unpaired) electrons. The maximum absolute atomic E-state index is 13.3. The molecule has 31 heavy (non-hydrogen) atoms. The van der Waals surface area contributed by atoms with Crippen molar-refractivity contribution in [1.82, 2.24) is 4.90 Å². The van der Waals surface area contributed by atoms with Gasteiger partial charge in [0.05, 0.1) is 12.2 Å². The van der Waals surface area contributed by atoms with Crippen LogP contribution in [0.25, 0.3) is 0 Å². The van der Waals surface area contributed by atoms with Gasteiger partial charge in [0, 0.05) is 0 Å². The molecule has 0 N–H and O–H groups in total. The second-order valence-corrected chi connectivity index (χ2v) is 9.65. The van der Waals surface area contributed by atoms with Gasteiger partial charge in [0.1, 0.15) is 23.3 Å². The normalized spacial score (nSPS) is 19.2. The number of rotatable bonds is 8. The predicted octanol–water partition coefficient (Wildman–Crippen LogP) is 2.04. The Labute approximate surface area is 183 Å². The maximum Gasteiger partial charge on any atom is 0.345 e. The molecule has 1 heterocycles. The summed E-state index contributed by atoms with van der Waals surface area (Å²) in [5.74, 6) is -6.72. The molecule has 0 aromatic carbocycles. The number of nitrogens with zero attached hydrogens (tertiary/aromatic N) is 1. The number of esters is 3. The molecule has 0 saturated carbocycles. The van der Waals surface area contributed by atoms with E-state index in [2.05, 4.69) is 0 Å². The molecule has 1 rings (SSSR count). The molecule has 9 heteroatoms. The molecule has 1 aliphatic heterocycles. The quantitative estimate of drug-likeness (QED) is 0.243. The van der Waals surface area contributed by atoms with Crippen LogP contribution >= 0.6 is 0 Å². The third kappa shape index (κ3) is 5.25. The summed E-state index contributed by atoms with van der Waals surface area (Å²) in [7, 11) is 0. The number of carbonyl (C=O) groups is 5. The van der Waals surface area contributed by atoms with Crippen molar-refractivity contribution in [3.05, 3.63) is 0 Å². The number of hydrogen-bond acceptors (Lipinski definition) is 8. The van der Waals surface area contributed by atoms with Crippen molar-refractivity contribution < 1.29 is 38.2 Å². The fraction of sp³-hybridized carbons (Fsp3) is 0.773. The third-order valence-electron chi connectivity index (χ3n) is 4.55. The van der Waals surface area contributed by atoms with Crippen LogP contribution < -0.4 is 0 Å². The lowest BCUT2D eigenvalue weighted by Crippen LogP contribution is -2.83. The highest BCUT2D eigenvalue weighted by Gasteiger charge is 2.76. The fourth-order valence-corrected chi connectivity index (χ4v) is 3.55. The fourth-order valence-electron chi connectivity index (χ4n) is 3.55. The summed E-state index contributed by atoms with van der Waals surface area (Å²) in [6, 6.07) is -1.30. The van der Waals surface area contributed by atoms with Crippen LogP contribution in [0.15, 0.2) is 0 Å². The summed E-state index contributed by atoms with van der Waals surface area (Å²) < 4.78 is 16.0. The Bertz CT molecular complexity index is 725. The van der Waals surface area contributed by atoms with Gasteiger partial charge in [-0.2, -0.15) is 0 Å². The molecule has 9 nitrogen and oxygen atoms in total. The second kappa shape index (κ2) is 9.36. The van der Waals surface area contributed by atoms with Crippen LogP contribution in [0.2, 0.25) is 0 Å². The Kier molecular flexibility index (Phi) is 8.03. The van der Waals surface area contributed by atoms with Crippen LogP contribution in [0.3, 0.4) is 0 Å². The van der Waals surface area contributed by atoms with Gasteiger partial charge in [0.2, 0.25) is 5.91 Å². The zero-order valence-electron chi connectivity index (χ0n) is 20.1. The van der Waals surface area contributed by atoms with Crippen LogP contribution in [0, 0.1) is 11.8 Å². The van der Waals surface area contributed by atoms with Gasteiger partial charge in [0.25, 0.3) is 5.54 Å². The number of ketones is 1. The van der Waals surface area contributed by atoms with Crippen LogP contribution in [0.4, 0.5) is 0 Å². The molecular weight excluding hydrogens is 406 g/mol. The van der Waals surface area contributed by atoms with Crippen LogP contribution in [0.1, 0.15) is 69.2 Å². The molecule has 0 bridgehead atoms. The van der Waals surface area contributed by atoms with E-state index in [-0.39, 0.29) is 0 Å². The van der Waals surface area contributed by atoms with Gasteiger partial charge in [-0.3, -0.25) is 9.59 Å². The zero-order valence-corrected chi connectivity index (χ0v) is 20.1. The van der Waals surface area contributed by atoms with Crippen molar-refractivity contribution in [3.8, 4) is 0 Å². The third-order valence-corrected chi connectivity index (χ3v) is 4.55. The zero-order chi connectivity index (χ0) is 24.5. The van der Waals surface area contributed by atoms with E-state index in [1.807, 2.05) is 0 Å². The van der Waals surface area contributed by atoms with E-state index in [4.69, 9.17) is 14.2 Å². The molecule has 0 aromatic heterocycles. The minimum Gasteiger partial charge on any atom is -0.461 e. The van der Waals surface area contributed by atoms with Crippen molar-refractivity contribution in [2.24, 2.45) is 11.8 Å². The summed E-state index contributed by atoms with van der Waals surface area (Å²) in [4.78, 5) is 65.9. The Morgan fingerprint density at radius 1 is 0.903 bits per heavy atom. The first-order chi connectivity index (χ1) is 14.0. The van der Waals surface area contributed by atoms with Gasteiger partial charge in [0.15, 0.2) is 0 Å². The Balaban J connectivity index is 3.73. The molecule has 1 aliphatic rings. The van der Waals surface area contributed by atoms with Gasteiger partial charge >= 0.3 is 17.9 Å². The van der Waals surface area contributed by atoms with Gasteiger partial charge in [-0.15, -0.1) is 0 Å². The average Bonchev–Trinajstić information content (AvgIpc) is 2.52. The SMILES string of the molecule is CC(=O)[C@@H]1C(=O)N([C@@H](C(=O)OC(C)(C)C)C(C)C)C1(C(=O)OC(C)C)C(=O)OC(C)C. The van der Waals surface area contributed by atoms with Crippen molar-refractivity contribution in [2.45, 2.75) is 98.6 Å². The Morgan fingerprint density at radius 2 is 1.32 bits per heavy atom. The second-order valence-electron chi connectivity index (χ2n) is 9.65. The molecule has 1 fully saturated rings. The van der Waals surface area contributed by atoms with E-state index in [0.717, 1.165) is 11.8 Å². The summed E-state index contributed by atoms with van der Waals surface area (Å²) >= 11 is 0. The number of likely N-dealkylation sites (tertiary alicyclic amines) is 1. The molecule has 0 unspecified atom stereocenters. The maximum atomic E-state index is 13.3. The topological polar surface area (TPSA) is 116 Å². The number of ether oxygens (including phenoxy) is 3. The Morgan fingerprint density at radius 3 is 1.61 bits per heavy atom. The van der Waals surface area contributed by atoms with Crippen LogP contribution in [0.5, 0.6) is 0 Å². The van der Waals surface area contributed by atoms with Gasteiger partial charge in [-0.1, -0.05) is 13.8 Å². The largest absolute Gasteiger partial charge is 0.461 e. The minimum atomic E-state index is -2.40. The molecule has 0 spiro atoms. The number of hydrogen-bond donors (Lipinski definition) is 0. The smallest absolute Gasteiger partial charge is 0.345 e. The lowest BCUT2D eigenvalue weighted by atomic mass is 9.68. The molecular formula is C22H35NO8. The van der Waals surface area contributed by atoms with Crippen molar-refractivity contribution in [3.63, 3.8) is 0 Å². The highest BCUT2D eigenvalue weighted by atomic mass is 16.6. The number of carbonyl (C=O) groups excluding carboxylic acids is 5. The predicted molar refractivity (Wildman–Crippen MR) is 111 cm³/mol. The van der Waals surface area contributed by atoms with E-state index >= 15 is 0 Å². The molecule has 176 valence electrons. The number of Topliss-reactive ketones (excluding diaryl/α,β-unsaturated/α-hetero) is 1. The molecule has 2 atom stereocenters. The van der Waals surface area contributed by atoms with Gasteiger partial charge < -0.3 is 19.1 Å². The molecule has 0 aromatic rings. The van der Waals surface area contributed by atoms with Gasteiger partial charge in [-0.25, -0.2) is 14.4 Å².